The molecule has 2 aromatic rings. The number of benzene rings is 2. The number of hydrogen-bond donors (Lipinski definition) is 1. The Morgan fingerprint density at radius 1 is 1.20 bits per heavy atom. The first-order valence-electron chi connectivity index (χ1n) is 6.62. The Morgan fingerprint density at radius 3 is 2.50 bits per heavy atom. The van der Waals surface area contributed by atoms with Crippen molar-refractivity contribution in [3.05, 3.63) is 69.8 Å². The van der Waals surface area contributed by atoms with Crippen LogP contribution in [0.15, 0.2) is 48.5 Å². The number of nitrogens with zero attached hydrogens (tertiary/aromatic N) is 1. The van der Waals surface area contributed by atoms with Gasteiger partial charge in [-0.3, -0.25) is 10.1 Å². The first-order valence-corrected chi connectivity index (χ1v) is 6.62. The summed E-state index contributed by atoms with van der Waals surface area (Å²) in [5, 5.41) is 14.1. The highest BCUT2D eigenvalue weighted by Crippen LogP contribution is 2.22. The van der Waals surface area contributed by atoms with Crippen molar-refractivity contribution in [2.45, 2.75) is 19.8 Å². The van der Waals surface area contributed by atoms with Crippen LogP contribution in [0.1, 0.15) is 24.0 Å². The largest absolute Gasteiger partial charge is 0.384 e. The molecule has 0 fully saturated rings. The number of nitrogens with one attached hydrogen (secondary N) is 1. The van der Waals surface area contributed by atoms with Gasteiger partial charge in [0, 0.05) is 24.4 Å². The topological polar surface area (TPSA) is 55.2 Å². The first-order chi connectivity index (χ1) is 9.58. The lowest BCUT2D eigenvalue weighted by atomic mass is 10.0. The number of nitro benzene ring substituents is 1. The van der Waals surface area contributed by atoms with Crippen LogP contribution in [0.4, 0.5) is 11.4 Å². The second-order valence-corrected chi connectivity index (χ2v) is 4.95. The molecule has 0 radical (unpaired) electrons. The molecular weight excluding hydrogens is 252 g/mol. The van der Waals surface area contributed by atoms with Crippen LogP contribution < -0.4 is 5.32 Å². The molecule has 0 bridgehead atoms. The van der Waals surface area contributed by atoms with E-state index in [1.165, 1.54) is 11.6 Å². The second-order valence-electron chi connectivity index (χ2n) is 4.95. The van der Waals surface area contributed by atoms with Gasteiger partial charge < -0.3 is 5.32 Å². The molecule has 4 heteroatoms. The van der Waals surface area contributed by atoms with E-state index in [2.05, 4.69) is 24.4 Å². The molecule has 0 spiro atoms. The van der Waals surface area contributed by atoms with Crippen molar-refractivity contribution < 1.29 is 4.92 Å². The molecular formula is C16H18N2O2. The fourth-order valence-corrected chi connectivity index (χ4v) is 2.12. The summed E-state index contributed by atoms with van der Waals surface area (Å²) in [6, 6.07) is 15.2. The van der Waals surface area contributed by atoms with Crippen molar-refractivity contribution in [3.8, 4) is 0 Å². The molecule has 2 aromatic carbocycles. The van der Waals surface area contributed by atoms with Crippen molar-refractivity contribution in [3.63, 3.8) is 0 Å². The Hall–Kier alpha value is -2.36. The molecule has 0 aromatic heterocycles. The van der Waals surface area contributed by atoms with Gasteiger partial charge in [-0.2, -0.15) is 0 Å². The zero-order valence-corrected chi connectivity index (χ0v) is 11.7. The maximum absolute atomic E-state index is 10.7. The SMILES string of the molecule is Cc1cc([N+](=O)[O-])ccc1NCC(C)c1ccccc1. The van der Waals surface area contributed by atoms with Crippen LogP contribution >= 0.6 is 0 Å². The summed E-state index contributed by atoms with van der Waals surface area (Å²) in [6.07, 6.45) is 0. The van der Waals surface area contributed by atoms with Crippen LogP contribution in [0, 0.1) is 17.0 Å². The van der Waals surface area contributed by atoms with Gasteiger partial charge in [0.25, 0.3) is 5.69 Å². The molecule has 0 amide bonds. The quantitative estimate of drug-likeness (QED) is 0.656. The summed E-state index contributed by atoms with van der Waals surface area (Å²) in [7, 11) is 0. The van der Waals surface area contributed by atoms with Crippen LogP contribution in [0.2, 0.25) is 0 Å². The average molecular weight is 270 g/mol. The highest BCUT2D eigenvalue weighted by Gasteiger charge is 2.09. The van der Waals surface area contributed by atoms with Gasteiger partial charge in [-0.25, -0.2) is 0 Å². The van der Waals surface area contributed by atoms with E-state index in [4.69, 9.17) is 0 Å². The summed E-state index contributed by atoms with van der Waals surface area (Å²) in [6.45, 7) is 4.83. The van der Waals surface area contributed by atoms with Crippen LogP contribution in [-0.4, -0.2) is 11.5 Å². The first kappa shape index (κ1) is 14.1. The van der Waals surface area contributed by atoms with Crippen molar-refractivity contribution >= 4 is 11.4 Å². The average Bonchev–Trinajstić information content (AvgIpc) is 2.46. The molecule has 1 unspecified atom stereocenters. The molecule has 4 nitrogen and oxygen atoms in total. The lowest BCUT2D eigenvalue weighted by Crippen LogP contribution is -2.10. The number of hydrogen-bond acceptors (Lipinski definition) is 3. The van der Waals surface area contributed by atoms with E-state index in [1.807, 2.05) is 25.1 Å². The Kier molecular flexibility index (Phi) is 4.35. The van der Waals surface area contributed by atoms with Crippen LogP contribution in [0.3, 0.4) is 0 Å². The van der Waals surface area contributed by atoms with E-state index in [0.29, 0.717) is 5.92 Å². The van der Waals surface area contributed by atoms with E-state index >= 15 is 0 Å². The van der Waals surface area contributed by atoms with Gasteiger partial charge in [-0.15, -0.1) is 0 Å². The molecule has 2 rings (SSSR count). The van der Waals surface area contributed by atoms with Crippen molar-refractivity contribution in [2.24, 2.45) is 0 Å². The molecule has 104 valence electrons. The molecule has 0 aliphatic carbocycles. The Balaban J connectivity index is 2.02. The van der Waals surface area contributed by atoms with Crippen LogP contribution in [-0.2, 0) is 0 Å². The van der Waals surface area contributed by atoms with Gasteiger partial charge in [-0.1, -0.05) is 37.3 Å². The maximum atomic E-state index is 10.7. The summed E-state index contributed by atoms with van der Waals surface area (Å²) < 4.78 is 0. The maximum Gasteiger partial charge on any atom is 0.269 e. The lowest BCUT2D eigenvalue weighted by Gasteiger charge is -2.15. The molecule has 0 heterocycles. The van der Waals surface area contributed by atoms with Gasteiger partial charge in [0.15, 0.2) is 0 Å². The third-order valence-corrected chi connectivity index (χ3v) is 3.39. The predicted octanol–water partition coefficient (Wildman–Crippen LogP) is 4.12. The van der Waals surface area contributed by atoms with Crippen molar-refractivity contribution in [2.75, 3.05) is 11.9 Å². The van der Waals surface area contributed by atoms with Gasteiger partial charge in [0.2, 0.25) is 0 Å². The second kappa shape index (κ2) is 6.19. The minimum Gasteiger partial charge on any atom is -0.384 e. The molecule has 20 heavy (non-hydrogen) atoms. The van der Waals surface area contributed by atoms with E-state index in [-0.39, 0.29) is 10.6 Å². The van der Waals surface area contributed by atoms with Gasteiger partial charge in [0.1, 0.15) is 0 Å². The molecule has 0 saturated carbocycles. The fourth-order valence-electron chi connectivity index (χ4n) is 2.12. The van der Waals surface area contributed by atoms with E-state index < -0.39 is 0 Å². The standard InChI is InChI=1S/C16H18N2O2/c1-12-10-15(18(19)20)8-9-16(12)17-11-13(2)14-6-4-3-5-7-14/h3-10,13,17H,11H2,1-2H3. The molecule has 0 saturated heterocycles. The molecule has 0 aliphatic rings. The number of non-ortho nitro benzene ring substituents is 1. The van der Waals surface area contributed by atoms with Crippen molar-refractivity contribution in [1.82, 2.24) is 0 Å². The highest BCUT2D eigenvalue weighted by molar-refractivity contribution is 5.55. The Morgan fingerprint density at radius 2 is 1.90 bits per heavy atom. The number of aryl methyl sites for hydroxylation is 1. The third kappa shape index (κ3) is 3.35. The van der Waals surface area contributed by atoms with Crippen molar-refractivity contribution in [1.29, 1.82) is 0 Å². The lowest BCUT2D eigenvalue weighted by molar-refractivity contribution is -0.384. The van der Waals surface area contributed by atoms with Gasteiger partial charge in [-0.05, 0) is 30.0 Å². The zero-order chi connectivity index (χ0) is 14.5. The number of nitro groups is 1. The summed E-state index contributed by atoms with van der Waals surface area (Å²) in [5.41, 5.74) is 3.24. The normalized spacial score (nSPS) is 11.9. The van der Waals surface area contributed by atoms with Crippen LogP contribution in [0.25, 0.3) is 0 Å². The summed E-state index contributed by atoms with van der Waals surface area (Å²) in [4.78, 5) is 10.3. The predicted molar refractivity (Wildman–Crippen MR) is 81.2 cm³/mol. The van der Waals surface area contributed by atoms with E-state index in [1.54, 1.807) is 12.1 Å². The number of rotatable bonds is 5. The van der Waals surface area contributed by atoms with Crippen LogP contribution in [0.5, 0.6) is 0 Å². The number of anilines is 1. The summed E-state index contributed by atoms with van der Waals surface area (Å²) >= 11 is 0. The van der Waals surface area contributed by atoms with E-state index in [0.717, 1.165) is 17.8 Å². The van der Waals surface area contributed by atoms with E-state index in [9.17, 15) is 10.1 Å². The Labute approximate surface area is 118 Å². The molecule has 0 aliphatic heterocycles. The summed E-state index contributed by atoms with van der Waals surface area (Å²) in [5.74, 6) is 0.380. The van der Waals surface area contributed by atoms with Gasteiger partial charge in [0.05, 0.1) is 4.92 Å². The Bertz CT molecular complexity index is 597. The fraction of sp³-hybridized carbons (Fsp3) is 0.250. The molecule has 1 atom stereocenters. The monoisotopic (exact) mass is 270 g/mol. The zero-order valence-electron chi connectivity index (χ0n) is 11.7. The molecule has 1 N–H and O–H groups in total. The minimum atomic E-state index is -0.372. The minimum absolute atomic E-state index is 0.129. The smallest absolute Gasteiger partial charge is 0.269 e. The highest BCUT2D eigenvalue weighted by atomic mass is 16.6. The van der Waals surface area contributed by atoms with Gasteiger partial charge >= 0.3 is 0 Å². The third-order valence-electron chi connectivity index (χ3n) is 3.39.